The van der Waals surface area contributed by atoms with Crippen molar-refractivity contribution in [3.63, 3.8) is 0 Å². The van der Waals surface area contributed by atoms with Gasteiger partial charge >= 0.3 is 0 Å². The first-order valence-electron chi connectivity index (χ1n) is 5.29. The minimum absolute atomic E-state index is 0.122. The summed E-state index contributed by atoms with van der Waals surface area (Å²) in [6.07, 6.45) is 1.75. The first kappa shape index (κ1) is 11.3. The van der Waals surface area contributed by atoms with Gasteiger partial charge in [0.05, 0.1) is 16.9 Å². The highest BCUT2D eigenvalue weighted by molar-refractivity contribution is 5.34. The molecule has 2 rings (SSSR count). The fraction of sp³-hybridized carbons (Fsp3) is 0.250. The lowest BCUT2D eigenvalue weighted by atomic mass is 10.2. The van der Waals surface area contributed by atoms with E-state index in [4.69, 9.17) is 0 Å². The molecule has 88 valence electrons. The monoisotopic (exact) mass is 231 g/mol. The van der Waals surface area contributed by atoms with Gasteiger partial charge in [0, 0.05) is 24.4 Å². The molecule has 0 spiro atoms. The first-order chi connectivity index (χ1) is 8.08. The standard InChI is InChI=1S/C12H13N3O2/c1-9-10(2)14(8-13-9)7-11-4-3-5-12(6-11)15(16)17/h3-6,8H,7H2,1-2H3. The number of benzene rings is 1. The quantitative estimate of drug-likeness (QED) is 0.602. The Labute approximate surface area is 98.9 Å². The molecule has 0 N–H and O–H groups in total. The number of hydrogen-bond acceptors (Lipinski definition) is 3. The summed E-state index contributed by atoms with van der Waals surface area (Å²) < 4.78 is 1.98. The Balaban J connectivity index is 2.27. The van der Waals surface area contributed by atoms with Crippen molar-refractivity contribution in [1.29, 1.82) is 0 Å². The number of aryl methyl sites for hydroxylation is 1. The smallest absolute Gasteiger partial charge is 0.269 e. The van der Waals surface area contributed by atoms with Gasteiger partial charge in [-0.25, -0.2) is 4.98 Å². The maximum atomic E-state index is 10.7. The summed E-state index contributed by atoms with van der Waals surface area (Å²) >= 11 is 0. The third-order valence-corrected chi connectivity index (χ3v) is 2.82. The van der Waals surface area contributed by atoms with E-state index in [-0.39, 0.29) is 10.6 Å². The fourth-order valence-electron chi connectivity index (χ4n) is 1.67. The Kier molecular flexibility index (Phi) is 2.91. The molecule has 1 aromatic carbocycles. The fourth-order valence-corrected chi connectivity index (χ4v) is 1.67. The topological polar surface area (TPSA) is 61.0 Å². The van der Waals surface area contributed by atoms with E-state index in [1.807, 2.05) is 24.5 Å². The molecule has 17 heavy (non-hydrogen) atoms. The van der Waals surface area contributed by atoms with Gasteiger partial charge in [-0.3, -0.25) is 10.1 Å². The van der Waals surface area contributed by atoms with Gasteiger partial charge in [-0.2, -0.15) is 0 Å². The summed E-state index contributed by atoms with van der Waals surface area (Å²) in [5.41, 5.74) is 3.09. The second kappa shape index (κ2) is 4.37. The Hall–Kier alpha value is -2.17. The summed E-state index contributed by atoms with van der Waals surface area (Å²) in [6, 6.07) is 6.67. The lowest BCUT2D eigenvalue weighted by Crippen LogP contribution is -2.01. The Bertz CT molecular complexity index is 561. The SMILES string of the molecule is Cc1ncn(Cc2cccc([N+](=O)[O-])c2)c1C. The zero-order valence-electron chi connectivity index (χ0n) is 9.75. The Morgan fingerprint density at radius 3 is 2.76 bits per heavy atom. The first-order valence-corrected chi connectivity index (χ1v) is 5.29. The van der Waals surface area contributed by atoms with Gasteiger partial charge in [0.2, 0.25) is 0 Å². The third kappa shape index (κ3) is 2.33. The summed E-state index contributed by atoms with van der Waals surface area (Å²) in [7, 11) is 0. The highest BCUT2D eigenvalue weighted by Gasteiger charge is 2.07. The van der Waals surface area contributed by atoms with Crippen LogP contribution in [0.1, 0.15) is 17.0 Å². The van der Waals surface area contributed by atoms with Crippen LogP contribution in [0.4, 0.5) is 5.69 Å². The molecule has 0 saturated carbocycles. The van der Waals surface area contributed by atoms with Crippen LogP contribution in [0.15, 0.2) is 30.6 Å². The van der Waals surface area contributed by atoms with E-state index in [0.29, 0.717) is 6.54 Å². The average molecular weight is 231 g/mol. The number of aromatic nitrogens is 2. The van der Waals surface area contributed by atoms with E-state index in [1.54, 1.807) is 18.5 Å². The zero-order chi connectivity index (χ0) is 12.4. The van der Waals surface area contributed by atoms with Crippen LogP contribution in [0.2, 0.25) is 0 Å². The van der Waals surface area contributed by atoms with Gasteiger partial charge < -0.3 is 4.57 Å². The molecule has 2 aromatic rings. The number of imidazole rings is 1. The number of hydrogen-bond donors (Lipinski definition) is 0. The molecule has 1 heterocycles. The number of non-ortho nitro benzene ring substituents is 1. The van der Waals surface area contributed by atoms with Gasteiger partial charge in [-0.05, 0) is 19.4 Å². The van der Waals surface area contributed by atoms with Crippen molar-refractivity contribution in [2.75, 3.05) is 0 Å². The van der Waals surface area contributed by atoms with E-state index in [0.717, 1.165) is 17.0 Å². The van der Waals surface area contributed by atoms with Crippen LogP contribution in [0.3, 0.4) is 0 Å². The molecule has 0 amide bonds. The van der Waals surface area contributed by atoms with Gasteiger partial charge in [0.1, 0.15) is 0 Å². The van der Waals surface area contributed by atoms with Crippen LogP contribution < -0.4 is 0 Å². The van der Waals surface area contributed by atoms with Gasteiger partial charge in [-0.15, -0.1) is 0 Å². The molecule has 0 bridgehead atoms. The molecule has 1 aromatic heterocycles. The predicted molar refractivity (Wildman–Crippen MR) is 63.9 cm³/mol. The number of nitro groups is 1. The minimum Gasteiger partial charge on any atom is -0.330 e. The van der Waals surface area contributed by atoms with Crippen molar-refractivity contribution < 1.29 is 4.92 Å². The number of nitrogens with zero attached hydrogens (tertiary/aromatic N) is 3. The van der Waals surface area contributed by atoms with Crippen molar-refractivity contribution in [3.8, 4) is 0 Å². The molecular formula is C12H13N3O2. The van der Waals surface area contributed by atoms with E-state index < -0.39 is 0 Å². The van der Waals surface area contributed by atoms with Gasteiger partial charge in [-0.1, -0.05) is 12.1 Å². The maximum Gasteiger partial charge on any atom is 0.269 e. The second-order valence-corrected chi connectivity index (χ2v) is 3.97. The molecule has 0 aliphatic rings. The second-order valence-electron chi connectivity index (χ2n) is 3.97. The van der Waals surface area contributed by atoms with Crippen molar-refractivity contribution in [2.45, 2.75) is 20.4 Å². The van der Waals surface area contributed by atoms with Gasteiger partial charge in [0.15, 0.2) is 0 Å². The highest BCUT2D eigenvalue weighted by Crippen LogP contribution is 2.15. The molecule has 0 radical (unpaired) electrons. The summed E-state index contributed by atoms with van der Waals surface area (Å²) in [6.45, 7) is 4.54. The Morgan fingerprint density at radius 1 is 1.41 bits per heavy atom. The largest absolute Gasteiger partial charge is 0.330 e. The summed E-state index contributed by atoms with van der Waals surface area (Å²) in [5.74, 6) is 0. The molecule has 5 heteroatoms. The van der Waals surface area contributed by atoms with Crippen LogP contribution in [0, 0.1) is 24.0 Å². The van der Waals surface area contributed by atoms with Crippen molar-refractivity contribution in [1.82, 2.24) is 9.55 Å². The molecule has 0 aliphatic heterocycles. The summed E-state index contributed by atoms with van der Waals surface area (Å²) in [4.78, 5) is 14.5. The van der Waals surface area contributed by atoms with Crippen molar-refractivity contribution >= 4 is 5.69 Å². The zero-order valence-corrected chi connectivity index (χ0v) is 9.75. The molecule has 0 atom stereocenters. The maximum absolute atomic E-state index is 10.7. The van der Waals surface area contributed by atoms with E-state index in [2.05, 4.69) is 4.98 Å². The molecular weight excluding hydrogens is 218 g/mol. The molecule has 0 unspecified atom stereocenters. The lowest BCUT2D eigenvalue weighted by molar-refractivity contribution is -0.384. The molecule has 0 saturated heterocycles. The van der Waals surface area contributed by atoms with Crippen LogP contribution in [0.5, 0.6) is 0 Å². The van der Waals surface area contributed by atoms with Crippen LogP contribution in [-0.4, -0.2) is 14.5 Å². The van der Waals surface area contributed by atoms with E-state index in [1.165, 1.54) is 6.07 Å². The highest BCUT2D eigenvalue weighted by atomic mass is 16.6. The van der Waals surface area contributed by atoms with Crippen LogP contribution in [0.25, 0.3) is 0 Å². The normalized spacial score (nSPS) is 10.5. The lowest BCUT2D eigenvalue weighted by Gasteiger charge is -2.05. The number of nitro benzene ring substituents is 1. The van der Waals surface area contributed by atoms with Gasteiger partial charge in [0.25, 0.3) is 5.69 Å². The van der Waals surface area contributed by atoms with E-state index in [9.17, 15) is 10.1 Å². The average Bonchev–Trinajstić information content (AvgIpc) is 2.61. The van der Waals surface area contributed by atoms with Crippen LogP contribution >= 0.6 is 0 Å². The van der Waals surface area contributed by atoms with Crippen molar-refractivity contribution in [3.05, 3.63) is 57.7 Å². The van der Waals surface area contributed by atoms with E-state index >= 15 is 0 Å². The minimum atomic E-state index is -0.379. The molecule has 0 fully saturated rings. The number of rotatable bonds is 3. The predicted octanol–water partition coefficient (Wildman–Crippen LogP) is 2.46. The third-order valence-electron chi connectivity index (χ3n) is 2.82. The molecule has 5 nitrogen and oxygen atoms in total. The Morgan fingerprint density at radius 2 is 2.18 bits per heavy atom. The van der Waals surface area contributed by atoms with Crippen LogP contribution in [-0.2, 0) is 6.54 Å². The summed E-state index contributed by atoms with van der Waals surface area (Å²) in [5, 5.41) is 10.7. The van der Waals surface area contributed by atoms with Crippen molar-refractivity contribution in [2.24, 2.45) is 0 Å². The molecule has 0 aliphatic carbocycles.